The average molecular weight is 442 g/mol. The van der Waals surface area contributed by atoms with E-state index in [0.29, 0.717) is 43.6 Å². The van der Waals surface area contributed by atoms with Crippen molar-refractivity contribution in [2.75, 3.05) is 38.3 Å². The second-order valence-electron chi connectivity index (χ2n) is 6.96. The zero-order chi connectivity index (χ0) is 22.4. The van der Waals surface area contributed by atoms with Gasteiger partial charge in [0.05, 0.1) is 24.5 Å². The van der Waals surface area contributed by atoms with Crippen molar-refractivity contribution in [2.45, 2.75) is 19.3 Å². The quantitative estimate of drug-likeness (QED) is 0.421. The summed E-state index contributed by atoms with van der Waals surface area (Å²) < 4.78 is 72.4. The van der Waals surface area contributed by atoms with Crippen molar-refractivity contribution < 1.29 is 26.7 Å². The third kappa shape index (κ3) is 6.06. The first-order chi connectivity index (χ1) is 14.8. The van der Waals surface area contributed by atoms with E-state index in [0.717, 1.165) is 12.1 Å². The van der Waals surface area contributed by atoms with Crippen LogP contribution in [0.4, 0.5) is 27.6 Å². The highest BCUT2D eigenvalue weighted by Crippen LogP contribution is 2.32. The Bertz CT molecular complexity index is 926. The minimum absolute atomic E-state index is 0.113. The van der Waals surface area contributed by atoms with E-state index in [1.165, 1.54) is 13.1 Å². The topological polar surface area (TPSA) is 48.9 Å². The number of nitrogens with one attached hydrogen (secondary N) is 2. The van der Waals surface area contributed by atoms with Crippen LogP contribution in [-0.2, 0) is 24.0 Å². The number of ether oxygens (including phenoxy) is 1. The lowest BCUT2D eigenvalue weighted by atomic mass is 10.1. The van der Waals surface area contributed by atoms with Gasteiger partial charge < -0.3 is 20.3 Å². The first-order valence-corrected chi connectivity index (χ1v) is 9.69. The van der Waals surface area contributed by atoms with Crippen molar-refractivity contribution in [1.82, 2.24) is 10.6 Å². The summed E-state index contributed by atoms with van der Waals surface area (Å²) in [6.45, 7) is 2.35. The lowest BCUT2D eigenvalue weighted by Gasteiger charge is -2.29. The molecule has 2 aromatic carbocycles. The molecule has 3 rings (SSSR count). The second kappa shape index (κ2) is 9.95. The zero-order valence-corrected chi connectivity index (χ0v) is 16.9. The predicted molar refractivity (Wildman–Crippen MR) is 108 cm³/mol. The minimum Gasteiger partial charge on any atom is -0.378 e. The zero-order valence-electron chi connectivity index (χ0n) is 16.9. The lowest BCUT2D eigenvalue weighted by molar-refractivity contribution is -0.138. The SMILES string of the molecule is CN=C(NCc1ccc(N2CCOCC2)c(F)c1)NCc1ccc(F)cc1C(F)(F)F. The van der Waals surface area contributed by atoms with Gasteiger partial charge in [-0.1, -0.05) is 12.1 Å². The Morgan fingerprint density at radius 2 is 1.74 bits per heavy atom. The molecular weight excluding hydrogens is 419 g/mol. The molecule has 0 aromatic heterocycles. The molecule has 10 heteroatoms. The number of benzene rings is 2. The number of halogens is 5. The van der Waals surface area contributed by atoms with Gasteiger partial charge in [0.2, 0.25) is 0 Å². The molecular formula is C21H23F5N4O. The van der Waals surface area contributed by atoms with E-state index in [1.54, 1.807) is 12.1 Å². The maximum atomic E-state index is 14.5. The summed E-state index contributed by atoms with van der Waals surface area (Å²) in [6.07, 6.45) is -4.67. The third-order valence-corrected chi connectivity index (χ3v) is 4.87. The molecule has 0 spiro atoms. The van der Waals surface area contributed by atoms with E-state index < -0.39 is 17.6 Å². The van der Waals surface area contributed by atoms with E-state index in [4.69, 9.17) is 4.74 Å². The molecule has 0 unspecified atom stereocenters. The van der Waals surface area contributed by atoms with E-state index >= 15 is 0 Å². The number of morpholine rings is 1. The molecule has 5 nitrogen and oxygen atoms in total. The highest BCUT2D eigenvalue weighted by Gasteiger charge is 2.33. The van der Waals surface area contributed by atoms with Crippen LogP contribution in [0.3, 0.4) is 0 Å². The van der Waals surface area contributed by atoms with Crippen molar-refractivity contribution in [3.63, 3.8) is 0 Å². The molecule has 1 aliphatic rings. The molecule has 0 saturated carbocycles. The van der Waals surface area contributed by atoms with Crippen molar-refractivity contribution in [3.8, 4) is 0 Å². The molecule has 0 amide bonds. The Hall–Kier alpha value is -2.88. The smallest absolute Gasteiger partial charge is 0.378 e. The predicted octanol–water partition coefficient (Wildman–Crippen LogP) is 3.69. The third-order valence-electron chi connectivity index (χ3n) is 4.87. The average Bonchev–Trinajstić information content (AvgIpc) is 2.74. The number of nitrogens with zero attached hydrogens (tertiary/aromatic N) is 2. The molecule has 1 fully saturated rings. The monoisotopic (exact) mass is 442 g/mol. The summed E-state index contributed by atoms with van der Waals surface area (Å²) in [7, 11) is 1.47. The number of anilines is 1. The normalized spacial score (nSPS) is 15.2. The van der Waals surface area contributed by atoms with Crippen LogP contribution in [0, 0.1) is 11.6 Å². The first-order valence-electron chi connectivity index (χ1n) is 9.69. The minimum atomic E-state index is -4.67. The Morgan fingerprint density at radius 1 is 1.03 bits per heavy atom. The number of aliphatic imine (C=N–C) groups is 1. The molecule has 0 aliphatic carbocycles. The van der Waals surface area contributed by atoms with Gasteiger partial charge in [0.1, 0.15) is 11.6 Å². The standard InChI is InChI=1S/C21H23F5N4O/c1-27-20(29-13-15-3-4-16(22)11-17(15)21(24,25)26)28-12-14-2-5-19(18(23)10-14)30-6-8-31-9-7-30/h2-5,10-11H,6-9,12-13H2,1H3,(H2,27,28,29). The summed E-state index contributed by atoms with van der Waals surface area (Å²) in [5.74, 6) is -1.08. The largest absolute Gasteiger partial charge is 0.416 e. The van der Waals surface area contributed by atoms with E-state index in [-0.39, 0.29) is 30.4 Å². The van der Waals surface area contributed by atoms with Gasteiger partial charge in [-0.25, -0.2) is 8.78 Å². The number of alkyl halides is 3. The van der Waals surface area contributed by atoms with Crippen molar-refractivity contribution in [2.24, 2.45) is 4.99 Å². The van der Waals surface area contributed by atoms with Gasteiger partial charge in [-0.05, 0) is 35.4 Å². The molecule has 1 heterocycles. The van der Waals surface area contributed by atoms with Crippen LogP contribution < -0.4 is 15.5 Å². The maximum Gasteiger partial charge on any atom is 0.416 e. The van der Waals surface area contributed by atoms with Crippen LogP contribution in [0.5, 0.6) is 0 Å². The second-order valence-corrected chi connectivity index (χ2v) is 6.96. The van der Waals surface area contributed by atoms with Gasteiger partial charge in [-0.2, -0.15) is 13.2 Å². The molecule has 1 saturated heterocycles. The molecule has 2 aromatic rings. The van der Waals surface area contributed by atoms with Crippen LogP contribution in [0.2, 0.25) is 0 Å². The summed E-state index contributed by atoms with van der Waals surface area (Å²) in [5.41, 5.74) is -0.00486. The number of guanidine groups is 1. The molecule has 1 aliphatic heterocycles. The molecule has 168 valence electrons. The number of hydrogen-bond donors (Lipinski definition) is 2. The summed E-state index contributed by atoms with van der Waals surface area (Å²) in [4.78, 5) is 5.88. The molecule has 0 atom stereocenters. The Morgan fingerprint density at radius 3 is 2.39 bits per heavy atom. The lowest BCUT2D eigenvalue weighted by Crippen LogP contribution is -2.37. The first kappa shape index (κ1) is 22.8. The fourth-order valence-corrected chi connectivity index (χ4v) is 3.27. The number of hydrogen-bond acceptors (Lipinski definition) is 3. The van der Waals surface area contributed by atoms with Crippen molar-refractivity contribution in [1.29, 1.82) is 0 Å². The van der Waals surface area contributed by atoms with Crippen LogP contribution in [0.25, 0.3) is 0 Å². The van der Waals surface area contributed by atoms with Crippen molar-refractivity contribution >= 4 is 11.6 Å². The number of rotatable bonds is 5. The van der Waals surface area contributed by atoms with E-state index in [9.17, 15) is 22.0 Å². The molecule has 0 bridgehead atoms. The van der Waals surface area contributed by atoms with E-state index in [2.05, 4.69) is 15.6 Å². The van der Waals surface area contributed by atoms with Gasteiger partial charge >= 0.3 is 6.18 Å². The van der Waals surface area contributed by atoms with E-state index in [1.807, 2.05) is 4.90 Å². The molecule has 0 radical (unpaired) electrons. The Labute approximate surface area is 176 Å². The summed E-state index contributed by atoms with van der Waals surface area (Å²) in [6, 6.07) is 7.40. The van der Waals surface area contributed by atoms with Crippen LogP contribution in [0.1, 0.15) is 16.7 Å². The Balaban J connectivity index is 1.60. The van der Waals surface area contributed by atoms with Crippen molar-refractivity contribution in [3.05, 3.63) is 64.7 Å². The highest BCUT2D eigenvalue weighted by atomic mass is 19.4. The summed E-state index contributed by atoms with van der Waals surface area (Å²) in [5, 5.41) is 5.70. The highest BCUT2D eigenvalue weighted by molar-refractivity contribution is 5.79. The Kier molecular flexibility index (Phi) is 7.32. The maximum absolute atomic E-state index is 14.5. The van der Waals surface area contributed by atoms with Gasteiger partial charge in [0.15, 0.2) is 5.96 Å². The summed E-state index contributed by atoms with van der Waals surface area (Å²) >= 11 is 0. The fraction of sp³-hybridized carbons (Fsp3) is 0.381. The fourth-order valence-electron chi connectivity index (χ4n) is 3.27. The molecule has 31 heavy (non-hydrogen) atoms. The van der Waals surface area contributed by atoms with Gasteiger partial charge in [-0.15, -0.1) is 0 Å². The van der Waals surface area contributed by atoms with Gasteiger partial charge in [0, 0.05) is 33.2 Å². The van der Waals surface area contributed by atoms with Crippen LogP contribution in [0.15, 0.2) is 41.4 Å². The van der Waals surface area contributed by atoms with Crippen LogP contribution >= 0.6 is 0 Å². The van der Waals surface area contributed by atoms with Gasteiger partial charge in [0.25, 0.3) is 0 Å². The molecule has 2 N–H and O–H groups in total. The van der Waals surface area contributed by atoms with Crippen LogP contribution in [-0.4, -0.2) is 39.3 Å². The van der Waals surface area contributed by atoms with Gasteiger partial charge in [-0.3, -0.25) is 4.99 Å².